The summed E-state index contributed by atoms with van der Waals surface area (Å²) in [6.07, 6.45) is 1.43. The third-order valence-corrected chi connectivity index (χ3v) is 5.89. The number of aryl methyl sites for hydroxylation is 1. The zero-order valence-electron chi connectivity index (χ0n) is 20.2. The molecule has 1 aromatic heterocycles. The van der Waals surface area contributed by atoms with Gasteiger partial charge in [0.25, 0.3) is 0 Å². The summed E-state index contributed by atoms with van der Waals surface area (Å²) < 4.78 is 11.2. The van der Waals surface area contributed by atoms with E-state index in [1.807, 2.05) is 99.8 Å². The highest BCUT2D eigenvalue weighted by molar-refractivity contribution is 5.87. The highest BCUT2D eigenvalue weighted by atomic mass is 16.6. The largest absolute Gasteiger partial charge is 0.445 e. The maximum Gasteiger partial charge on any atom is 0.408 e. The maximum atomic E-state index is 13.4. The lowest BCUT2D eigenvalue weighted by Crippen LogP contribution is -2.44. The van der Waals surface area contributed by atoms with Crippen LogP contribution in [0.3, 0.4) is 0 Å². The lowest BCUT2D eigenvalue weighted by molar-refractivity contribution is -0.136. The summed E-state index contributed by atoms with van der Waals surface area (Å²) in [6, 6.07) is 22.1. The first kappa shape index (κ1) is 24.1. The fourth-order valence-corrected chi connectivity index (χ4v) is 4.01. The fourth-order valence-electron chi connectivity index (χ4n) is 4.01. The summed E-state index contributed by atoms with van der Waals surface area (Å²) in [6.45, 7) is 6.15. The number of nitrogens with one attached hydrogen (secondary N) is 2. The molecule has 0 radical (unpaired) electrons. The Morgan fingerprint density at radius 1 is 0.971 bits per heavy atom. The lowest BCUT2D eigenvalue weighted by Gasteiger charge is -2.19. The Balaban J connectivity index is 1.55. The Bertz CT molecular complexity index is 1310. The highest BCUT2D eigenvalue weighted by Gasteiger charge is 2.26. The van der Waals surface area contributed by atoms with Crippen LogP contribution in [0.4, 0.5) is 4.79 Å². The van der Waals surface area contributed by atoms with Crippen LogP contribution in [0, 0.1) is 6.92 Å². The molecule has 1 amide bonds. The van der Waals surface area contributed by atoms with Gasteiger partial charge in [0.1, 0.15) is 18.4 Å². The van der Waals surface area contributed by atoms with E-state index < -0.39 is 18.1 Å². The molecular weight excluding hydrogens is 440 g/mol. The van der Waals surface area contributed by atoms with Gasteiger partial charge < -0.3 is 19.8 Å². The van der Waals surface area contributed by atoms with Crippen LogP contribution in [-0.2, 0) is 22.6 Å². The molecular formula is C29H30N2O4. The predicted octanol–water partition coefficient (Wildman–Crippen LogP) is 6.04. The van der Waals surface area contributed by atoms with Crippen LogP contribution in [0.1, 0.15) is 42.0 Å². The van der Waals surface area contributed by atoms with Gasteiger partial charge in [0.2, 0.25) is 0 Å². The van der Waals surface area contributed by atoms with Crippen LogP contribution in [-0.4, -0.2) is 23.1 Å². The Morgan fingerprint density at radius 2 is 1.71 bits per heavy atom. The smallest absolute Gasteiger partial charge is 0.408 e. The van der Waals surface area contributed by atoms with Crippen molar-refractivity contribution in [2.75, 3.05) is 0 Å². The van der Waals surface area contributed by atoms with Gasteiger partial charge in [0.15, 0.2) is 0 Å². The van der Waals surface area contributed by atoms with Crippen LogP contribution >= 0.6 is 0 Å². The number of alkyl carbamates (subject to hydrolysis) is 1. The molecule has 1 heterocycles. The monoisotopic (exact) mass is 470 g/mol. The van der Waals surface area contributed by atoms with Crippen LogP contribution in [0.5, 0.6) is 5.75 Å². The molecule has 0 saturated carbocycles. The second kappa shape index (κ2) is 10.9. The number of esters is 1. The molecule has 3 aromatic carbocycles. The standard InChI is InChI=1S/C29H30N2O4/c1-19(2)23-14-13-20(3)15-27(23)35-28(32)26(16-22-17-30-25-12-8-7-11-24(22)25)31-29(33)34-18-21-9-5-4-6-10-21/h4-15,17,19,26,30H,16,18H2,1-3H3,(H,31,33)/t26-/m0/s1. The van der Waals surface area contributed by atoms with Crippen molar-refractivity contribution < 1.29 is 19.1 Å². The Morgan fingerprint density at radius 3 is 2.49 bits per heavy atom. The molecule has 0 fully saturated rings. The number of amides is 1. The molecule has 0 unspecified atom stereocenters. The van der Waals surface area contributed by atoms with E-state index in [1.165, 1.54) is 0 Å². The highest BCUT2D eigenvalue weighted by Crippen LogP contribution is 2.28. The Labute approximate surface area is 205 Å². The average Bonchev–Trinajstić information content (AvgIpc) is 3.25. The van der Waals surface area contributed by atoms with Gasteiger partial charge in [-0.15, -0.1) is 0 Å². The van der Waals surface area contributed by atoms with E-state index in [-0.39, 0.29) is 18.9 Å². The molecule has 35 heavy (non-hydrogen) atoms. The third-order valence-electron chi connectivity index (χ3n) is 5.89. The first-order valence-electron chi connectivity index (χ1n) is 11.7. The number of benzene rings is 3. The molecule has 2 N–H and O–H groups in total. The molecule has 0 spiro atoms. The van der Waals surface area contributed by atoms with E-state index in [0.717, 1.165) is 33.2 Å². The van der Waals surface area contributed by atoms with Gasteiger partial charge in [-0.1, -0.05) is 74.5 Å². The number of para-hydroxylation sites is 1. The van der Waals surface area contributed by atoms with Crippen molar-refractivity contribution >= 4 is 23.0 Å². The Kier molecular flexibility index (Phi) is 7.51. The lowest BCUT2D eigenvalue weighted by atomic mass is 10.0. The van der Waals surface area contributed by atoms with Gasteiger partial charge in [-0.2, -0.15) is 0 Å². The molecule has 6 nitrogen and oxygen atoms in total. The normalized spacial score (nSPS) is 11.9. The van der Waals surface area contributed by atoms with E-state index in [4.69, 9.17) is 9.47 Å². The van der Waals surface area contributed by atoms with Crippen LogP contribution in [0.2, 0.25) is 0 Å². The molecule has 0 aliphatic carbocycles. The molecule has 180 valence electrons. The molecule has 0 saturated heterocycles. The van der Waals surface area contributed by atoms with Gasteiger partial charge in [0.05, 0.1) is 0 Å². The predicted molar refractivity (Wildman–Crippen MR) is 136 cm³/mol. The van der Waals surface area contributed by atoms with Gasteiger partial charge in [-0.25, -0.2) is 9.59 Å². The van der Waals surface area contributed by atoms with Crippen molar-refractivity contribution in [3.63, 3.8) is 0 Å². The number of aromatic amines is 1. The minimum atomic E-state index is -0.932. The van der Waals surface area contributed by atoms with Gasteiger partial charge in [-0.3, -0.25) is 0 Å². The van der Waals surface area contributed by atoms with Crippen molar-refractivity contribution in [3.05, 3.63) is 101 Å². The molecule has 0 bridgehead atoms. The number of H-pyrrole nitrogens is 1. The van der Waals surface area contributed by atoms with Crippen molar-refractivity contribution in [1.29, 1.82) is 0 Å². The van der Waals surface area contributed by atoms with Crippen LogP contribution in [0.15, 0.2) is 79.0 Å². The molecule has 0 aliphatic rings. The summed E-state index contributed by atoms with van der Waals surface area (Å²) in [7, 11) is 0. The molecule has 6 heteroatoms. The third kappa shape index (κ3) is 6.09. The summed E-state index contributed by atoms with van der Waals surface area (Å²) in [5.41, 5.74) is 4.64. The van der Waals surface area contributed by atoms with E-state index in [1.54, 1.807) is 0 Å². The summed E-state index contributed by atoms with van der Waals surface area (Å²) in [5, 5.41) is 3.71. The van der Waals surface area contributed by atoms with Crippen molar-refractivity contribution in [1.82, 2.24) is 10.3 Å². The minimum absolute atomic E-state index is 0.108. The van der Waals surface area contributed by atoms with Gasteiger partial charge in [-0.05, 0) is 47.2 Å². The van der Waals surface area contributed by atoms with Crippen molar-refractivity contribution in [2.45, 2.75) is 45.8 Å². The summed E-state index contributed by atoms with van der Waals surface area (Å²) >= 11 is 0. The molecule has 4 aromatic rings. The average molecular weight is 471 g/mol. The number of hydrogen-bond donors (Lipinski definition) is 2. The Hall–Kier alpha value is -4.06. The fraction of sp³-hybridized carbons (Fsp3) is 0.241. The van der Waals surface area contributed by atoms with Crippen molar-refractivity contribution in [2.24, 2.45) is 0 Å². The SMILES string of the molecule is Cc1ccc(C(C)C)c(OC(=O)[C@H](Cc2c[nH]c3ccccc23)NC(=O)OCc2ccccc2)c1. The number of ether oxygens (including phenoxy) is 2. The minimum Gasteiger partial charge on any atom is -0.445 e. The second-order valence-corrected chi connectivity index (χ2v) is 8.94. The van der Waals surface area contributed by atoms with E-state index in [2.05, 4.69) is 10.3 Å². The maximum absolute atomic E-state index is 13.4. The number of aromatic nitrogens is 1. The number of carbonyl (C=O) groups excluding carboxylic acids is 2. The van der Waals surface area contributed by atoms with Gasteiger partial charge >= 0.3 is 12.1 Å². The number of hydrogen-bond acceptors (Lipinski definition) is 4. The number of rotatable bonds is 8. The summed E-state index contributed by atoms with van der Waals surface area (Å²) in [4.78, 5) is 29.2. The first-order valence-corrected chi connectivity index (χ1v) is 11.7. The topological polar surface area (TPSA) is 80.4 Å². The number of fused-ring (bicyclic) bond motifs is 1. The van der Waals surface area contributed by atoms with Crippen LogP contribution in [0.25, 0.3) is 10.9 Å². The molecule has 4 rings (SSSR count). The van der Waals surface area contributed by atoms with Crippen molar-refractivity contribution in [3.8, 4) is 5.75 Å². The second-order valence-electron chi connectivity index (χ2n) is 8.94. The van der Waals surface area contributed by atoms with Gasteiger partial charge in [0, 0.05) is 23.5 Å². The van der Waals surface area contributed by atoms with Crippen LogP contribution < -0.4 is 10.1 Å². The van der Waals surface area contributed by atoms with E-state index >= 15 is 0 Å². The number of carbonyl (C=O) groups is 2. The van der Waals surface area contributed by atoms with E-state index in [9.17, 15) is 9.59 Å². The zero-order valence-corrected chi connectivity index (χ0v) is 20.2. The molecule has 1 atom stereocenters. The van der Waals surface area contributed by atoms with E-state index in [0.29, 0.717) is 5.75 Å². The quantitative estimate of drug-likeness (QED) is 0.243. The first-order chi connectivity index (χ1) is 16.9. The summed E-state index contributed by atoms with van der Waals surface area (Å²) in [5.74, 6) is 0.141. The molecule has 0 aliphatic heterocycles. The zero-order chi connectivity index (χ0) is 24.8.